The second-order valence-corrected chi connectivity index (χ2v) is 9.43. The second-order valence-electron chi connectivity index (χ2n) is 9.43. The molecule has 3 atom stereocenters. The van der Waals surface area contributed by atoms with Gasteiger partial charge in [-0.15, -0.1) is 0 Å². The highest BCUT2D eigenvalue weighted by molar-refractivity contribution is 6.40. The average Bonchev–Trinajstić information content (AvgIpc) is 2.98. The van der Waals surface area contributed by atoms with Gasteiger partial charge < -0.3 is 20.9 Å². The number of rotatable bonds is 14. The zero-order valence-corrected chi connectivity index (χ0v) is 19.7. The summed E-state index contributed by atoms with van der Waals surface area (Å²) in [6.45, 7) is 2.21. The molecule has 0 saturated carbocycles. The van der Waals surface area contributed by atoms with E-state index in [1.54, 1.807) is 0 Å². The van der Waals surface area contributed by atoms with Crippen molar-refractivity contribution in [3.63, 3.8) is 0 Å². The lowest BCUT2D eigenvalue weighted by Crippen LogP contribution is -2.45. The van der Waals surface area contributed by atoms with Gasteiger partial charge in [-0.25, -0.2) is 0 Å². The summed E-state index contributed by atoms with van der Waals surface area (Å²) in [6.07, 6.45) is 14.8. The molecule has 0 fully saturated rings. The number of unbranched alkanes of at least 4 members (excludes halogenated alkanes) is 1. The van der Waals surface area contributed by atoms with Gasteiger partial charge in [-0.05, 0) is 68.3 Å². The lowest BCUT2D eigenvalue weighted by atomic mass is 9.67. The molecule has 32 heavy (non-hydrogen) atoms. The molecule has 1 aliphatic carbocycles. The van der Waals surface area contributed by atoms with Gasteiger partial charge in [0.15, 0.2) is 0 Å². The molecule has 0 heterocycles. The van der Waals surface area contributed by atoms with Crippen LogP contribution in [-0.4, -0.2) is 34.8 Å². The van der Waals surface area contributed by atoms with E-state index in [-0.39, 0.29) is 18.8 Å². The minimum Gasteiger partial charge on any atom is -0.481 e. The summed E-state index contributed by atoms with van der Waals surface area (Å²) < 4.78 is 0. The van der Waals surface area contributed by atoms with E-state index in [1.165, 1.54) is 30.4 Å². The number of hydrogen-bond donors (Lipinski definition) is 4. The number of carboxylic acids is 1. The number of fused-ring (bicyclic) bond motifs is 1. The van der Waals surface area contributed by atoms with E-state index in [9.17, 15) is 9.90 Å². The Labute approximate surface area is 194 Å². The Balaban J connectivity index is 2.04. The van der Waals surface area contributed by atoms with Gasteiger partial charge in [-0.1, -0.05) is 69.0 Å². The van der Waals surface area contributed by atoms with E-state index in [1.807, 2.05) is 0 Å². The molecule has 178 valence electrons. The first-order valence-corrected chi connectivity index (χ1v) is 12.5. The van der Waals surface area contributed by atoms with Crippen LogP contribution in [0, 0.1) is 11.3 Å². The predicted octanol–water partition coefficient (Wildman–Crippen LogP) is 4.92. The van der Waals surface area contributed by atoms with Crippen LogP contribution in [0.15, 0.2) is 36.4 Å². The van der Waals surface area contributed by atoms with Crippen molar-refractivity contribution in [1.82, 2.24) is 0 Å². The molecule has 0 amide bonds. The highest BCUT2D eigenvalue weighted by Gasteiger charge is 2.43. The fourth-order valence-electron chi connectivity index (χ4n) is 5.37. The Morgan fingerprint density at radius 1 is 1.25 bits per heavy atom. The zero-order valence-electron chi connectivity index (χ0n) is 19.7. The van der Waals surface area contributed by atoms with E-state index < -0.39 is 18.5 Å². The van der Waals surface area contributed by atoms with Crippen LogP contribution in [0.4, 0.5) is 0 Å². The van der Waals surface area contributed by atoms with E-state index in [4.69, 9.17) is 15.8 Å². The molecule has 3 unspecified atom stereocenters. The van der Waals surface area contributed by atoms with Crippen molar-refractivity contribution >= 4 is 13.1 Å². The van der Waals surface area contributed by atoms with Crippen LogP contribution in [0.1, 0.15) is 88.2 Å². The Hall–Kier alpha value is -1.63. The van der Waals surface area contributed by atoms with Gasteiger partial charge >= 0.3 is 13.1 Å². The Kier molecular flexibility index (Phi) is 11.5. The van der Waals surface area contributed by atoms with Crippen molar-refractivity contribution in [3.05, 3.63) is 47.5 Å². The summed E-state index contributed by atoms with van der Waals surface area (Å²) in [7, 11) is -1.34. The maximum absolute atomic E-state index is 12.4. The van der Waals surface area contributed by atoms with Gasteiger partial charge in [-0.2, -0.15) is 0 Å². The summed E-state index contributed by atoms with van der Waals surface area (Å²) in [5.74, 6) is -0.355. The molecule has 1 aromatic carbocycles. The third kappa shape index (κ3) is 7.46. The van der Waals surface area contributed by atoms with Gasteiger partial charge in [0.2, 0.25) is 0 Å². The van der Waals surface area contributed by atoms with Crippen LogP contribution < -0.4 is 5.73 Å². The number of aliphatic carboxylic acids is 1. The molecule has 0 radical (unpaired) electrons. The normalized spacial score (nSPS) is 19.2. The fourth-order valence-corrected chi connectivity index (χ4v) is 5.37. The predicted molar refractivity (Wildman–Crippen MR) is 131 cm³/mol. The molecule has 0 aliphatic heterocycles. The third-order valence-electron chi connectivity index (χ3n) is 7.26. The van der Waals surface area contributed by atoms with Crippen molar-refractivity contribution in [2.45, 2.75) is 89.8 Å². The van der Waals surface area contributed by atoms with Crippen molar-refractivity contribution in [2.75, 3.05) is 6.54 Å². The van der Waals surface area contributed by atoms with Crippen molar-refractivity contribution in [2.24, 2.45) is 17.1 Å². The maximum Gasteiger partial charge on any atom is 0.451 e. The van der Waals surface area contributed by atoms with Crippen LogP contribution >= 0.6 is 0 Å². The number of hydrogen-bond acceptors (Lipinski definition) is 4. The number of benzene rings is 1. The minimum atomic E-state index is -1.34. The number of aryl methyl sites for hydroxylation is 1. The van der Waals surface area contributed by atoms with Crippen LogP contribution in [0.2, 0.25) is 6.32 Å². The Bertz CT molecular complexity index is 724. The number of allylic oxidation sites excluding steroid dienone is 2. The van der Waals surface area contributed by atoms with Gasteiger partial charge in [0.1, 0.15) is 0 Å². The third-order valence-corrected chi connectivity index (χ3v) is 7.26. The first kappa shape index (κ1) is 26.6. The van der Waals surface area contributed by atoms with Gasteiger partial charge in [0.05, 0.1) is 5.41 Å². The number of carboxylic acid groups (broad SMARTS) is 1. The quantitative estimate of drug-likeness (QED) is 0.141. The molecule has 0 saturated heterocycles. The van der Waals surface area contributed by atoms with Crippen LogP contribution in [-0.2, 0) is 11.2 Å². The van der Waals surface area contributed by atoms with Gasteiger partial charge in [0.25, 0.3) is 0 Å². The highest BCUT2D eigenvalue weighted by Crippen LogP contribution is 2.40. The van der Waals surface area contributed by atoms with E-state index in [2.05, 4.69) is 43.3 Å². The average molecular weight is 443 g/mol. The first-order valence-electron chi connectivity index (χ1n) is 12.5. The first-order chi connectivity index (χ1) is 15.4. The second kappa shape index (κ2) is 13.8. The summed E-state index contributed by atoms with van der Waals surface area (Å²) >= 11 is 0. The monoisotopic (exact) mass is 443 g/mol. The minimum absolute atomic E-state index is 0.0140. The molecule has 2 rings (SSSR count). The van der Waals surface area contributed by atoms with Crippen molar-refractivity contribution in [3.8, 4) is 0 Å². The number of nitrogens with two attached hydrogens (primary N) is 1. The molecule has 5 nitrogen and oxygen atoms in total. The molecule has 0 spiro atoms. The van der Waals surface area contributed by atoms with Crippen LogP contribution in [0.25, 0.3) is 0 Å². The van der Waals surface area contributed by atoms with Gasteiger partial charge in [-0.3, -0.25) is 4.79 Å². The topological polar surface area (TPSA) is 104 Å². The molecule has 0 aromatic heterocycles. The summed E-state index contributed by atoms with van der Waals surface area (Å²) in [5, 5.41) is 28.3. The van der Waals surface area contributed by atoms with Gasteiger partial charge in [0, 0.05) is 12.5 Å². The molecule has 6 heteroatoms. The highest BCUT2D eigenvalue weighted by atomic mass is 16.4. The lowest BCUT2D eigenvalue weighted by molar-refractivity contribution is -0.153. The van der Waals surface area contributed by atoms with Crippen LogP contribution in [0.5, 0.6) is 0 Å². The standard InChI is InChI=1S/C26H42BNO4/c1-2-11-23(26(20-28,25(29)30)18-9-10-19-27(31)32)16-7-5-14-21-12-3-4-13-22-15-6-8-17-24(21)22/h5-6,8,14-15,17,21,23,31-32H,2-4,7,9-13,16,18-20,28H2,1H3,(H,29,30)/b14-5-. The smallest absolute Gasteiger partial charge is 0.451 e. The molecule has 1 aromatic rings. The van der Waals surface area contributed by atoms with E-state index in [0.717, 1.165) is 32.1 Å². The van der Waals surface area contributed by atoms with E-state index >= 15 is 0 Å². The fraction of sp³-hybridized carbons (Fsp3) is 0.654. The molecular weight excluding hydrogens is 401 g/mol. The Morgan fingerprint density at radius 3 is 2.72 bits per heavy atom. The maximum atomic E-state index is 12.4. The lowest BCUT2D eigenvalue weighted by Gasteiger charge is -2.36. The van der Waals surface area contributed by atoms with Crippen molar-refractivity contribution < 1.29 is 19.9 Å². The SMILES string of the molecule is CCCC(CC/C=C\C1CCCCc2ccccc21)C(CN)(CCCCB(O)O)C(=O)O. The molecule has 1 aliphatic rings. The van der Waals surface area contributed by atoms with E-state index in [0.29, 0.717) is 25.2 Å². The molecular formula is C26H42BNO4. The Morgan fingerprint density at radius 2 is 2.03 bits per heavy atom. The van der Waals surface area contributed by atoms with Crippen molar-refractivity contribution in [1.29, 1.82) is 0 Å². The summed E-state index contributed by atoms with van der Waals surface area (Å²) in [6, 6.07) is 8.75. The zero-order chi connectivity index (χ0) is 23.4. The summed E-state index contributed by atoms with van der Waals surface area (Å²) in [5.41, 5.74) is 8.04. The largest absolute Gasteiger partial charge is 0.481 e. The molecule has 5 N–H and O–H groups in total. The summed E-state index contributed by atoms with van der Waals surface area (Å²) in [4.78, 5) is 12.4. The van der Waals surface area contributed by atoms with Crippen LogP contribution in [0.3, 0.4) is 0 Å². The number of carbonyl (C=O) groups is 1. The molecule has 0 bridgehead atoms.